The van der Waals surface area contributed by atoms with Gasteiger partial charge < -0.3 is 16.3 Å². The Morgan fingerprint density at radius 1 is 1.43 bits per heavy atom. The van der Waals surface area contributed by atoms with Crippen molar-refractivity contribution in [1.29, 1.82) is 0 Å². The zero-order valence-electron chi connectivity index (χ0n) is 11.2. The smallest absolute Gasteiger partial charge is 0.337 e. The number of nitrogens with one attached hydrogen (secondary N) is 1. The van der Waals surface area contributed by atoms with Crippen molar-refractivity contribution in [2.24, 2.45) is 5.84 Å². The van der Waals surface area contributed by atoms with E-state index in [4.69, 9.17) is 16.7 Å². The van der Waals surface area contributed by atoms with Gasteiger partial charge in [0.25, 0.3) is 0 Å². The molecular formula is C10H14N6O4S. The third kappa shape index (κ3) is 2.26. The molecule has 0 atom stereocenters. The Morgan fingerprint density at radius 2 is 2.05 bits per heavy atom. The first-order chi connectivity index (χ1) is 9.70. The number of hydrazine groups is 1. The van der Waals surface area contributed by atoms with Gasteiger partial charge >= 0.3 is 16.2 Å². The van der Waals surface area contributed by atoms with Gasteiger partial charge in [0.2, 0.25) is 5.95 Å². The van der Waals surface area contributed by atoms with E-state index >= 15 is 0 Å². The number of fused-ring (bicyclic) bond motifs is 1. The fraction of sp³-hybridized carbons (Fsp3) is 0.200. The Kier molecular flexibility index (Phi) is 3.49. The molecule has 10 nitrogen and oxygen atoms in total. The van der Waals surface area contributed by atoms with E-state index in [9.17, 15) is 13.2 Å². The van der Waals surface area contributed by atoms with Gasteiger partial charge in [-0.1, -0.05) is 0 Å². The Hall–Kier alpha value is -2.37. The Bertz CT molecular complexity index is 826. The molecule has 0 spiro atoms. The summed E-state index contributed by atoms with van der Waals surface area (Å²) in [6.07, 6.45) is 0. The Labute approximate surface area is 120 Å². The van der Waals surface area contributed by atoms with Crippen LogP contribution in [0, 0.1) is 0 Å². The van der Waals surface area contributed by atoms with Crippen molar-refractivity contribution in [3.63, 3.8) is 0 Å². The van der Waals surface area contributed by atoms with Crippen LogP contribution in [0.5, 0.6) is 0 Å². The molecular weight excluding hydrogens is 300 g/mol. The minimum Gasteiger partial charge on any atom is -0.478 e. The molecule has 1 aromatic heterocycles. The first kappa shape index (κ1) is 15.0. The lowest BCUT2D eigenvalue weighted by molar-refractivity contribution is 0.0698. The van der Waals surface area contributed by atoms with Gasteiger partial charge in [0.15, 0.2) is 0 Å². The number of anilines is 2. The quantitative estimate of drug-likeness (QED) is 0.424. The number of nitrogens with zero attached hydrogens (tertiary/aromatic N) is 3. The molecule has 114 valence electrons. The van der Waals surface area contributed by atoms with E-state index in [1.807, 2.05) is 0 Å². The summed E-state index contributed by atoms with van der Waals surface area (Å²) in [5.74, 6) is 3.71. The molecule has 0 aliphatic heterocycles. The summed E-state index contributed by atoms with van der Waals surface area (Å²) in [5, 5.41) is 9.15. The Balaban J connectivity index is 2.89. The molecule has 0 bridgehead atoms. The van der Waals surface area contributed by atoms with Crippen LogP contribution in [0.1, 0.15) is 10.4 Å². The van der Waals surface area contributed by atoms with Crippen LogP contribution in [0.2, 0.25) is 0 Å². The zero-order chi connectivity index (χ0) is 15.9. The maximum Gasteiger partial charge on any atom is 0.337 e. The minimum atomic E-state index is -3.93. The van der Waals surface area contributed by atoms with Gasteiger partial charge in [-0.2, -0.15) is 16.7 Å². The molecule has 0 fully saturated rings. The first-order valence-corrected chi connectivity index (χ1v) is 7.04. The monoisotopic (exact) mass is 314 g/mol. The zero-order valence-corrected chi connectivity index (χ0v) is 12.0. The second-order valence-electron chi connectivity index (χ2n) is 4.36. The molecule has 2 aromatic rings. The van der Waals surface area contributed by atoms with Gasteiger partial charge in [0.1, 0.15) is 0 Å². The maximum absolute atomic E-state index is 12.2. The summed E-state index contributed by atoms with van der Waals surface area (Å²) in [4.78, 5) is 15.1. The topological polar surface area (TPSA) is 157 Å². The lowest BCUT2D eigenvalue weighted by Crippen LogP contribution is -2.29. The lowest BCUT2D eigenvalue weighted by atomic mass is 10.1. The third-order valence-electron chi connectivity index (χ3n) is 2.85. The van der Waals surface area contributed by atoms with E-state index < -0.39 is 16.2 Å². The highest BCUT2D eigenvalue weighted by molar-refractivity contribution is 7.87. The molecule has 21 heavy (non-hydrogen) atoms. The molecule has 0 aliphatic rings. The highest BCUT2D eigenvalue weighted by Gasteiger charge is 2.25. The number of carboxylic acid groups (broad SMARTS) is 1. The number of nitrogen functional groups attached to an aromatic ring is 2. The molecule has 0 aliphatic carbocycles. The fourth-order valence-corrected chi connectivity index (χ4v) is 2.82. The number of carbonyl (C=O) groups is 1. The molecule has 0 saturated heterocycles. The number of benzene rings is 1. The number of aromatic carboxylic acids is 1. The third-order valence-corrected chi connectivity index (χ3v) is 4.62. The summed E-state index contributed by atoms with van der Waals surface area (Å²) >= 11 is 0. The number of carboxylic acids is 1. The summed E-state index contributed by atoms with van der Waals surface area (Å²) in [5.41, 5.74) is 8.03. The summed E-state index contributed by atoms with van der Waals surface area (Å²) in [6, 6.07) is 2.47. The van der Waals surface area contributed by atoms with Crippen LogP contribution < -0.4 is 17.0 Å². The average Bonchev–Trinajstić information content (AvgIpc) is 2.71. The van der Waals surface area contributed by atoms with Crippen molar-refractivity contribution in [2.75, 3.05) is 25.3 Å². The van der Waals surface area contributed by atoms with Crippen molar-refractivity contribution >= 4 is 38.8 Å². The van der Waals surface area contributed by atoms with Crippen LogP contribution in [-0.2, 0) is 10.2 Å². The number of nitrogens with two attached hydrogens (primary N) is 2. The molecule has 6 N–H and O–H groups in total. The van der Waals surface area contributed by atoms with E-state index in [2.05, 4.69) is 10.4 Å². The van der Waals surface area contributed by atoms with Crippen molar-refractivity contribution in [1.82, 2.24) is 13.3 Å². The number of rotatable bonds is 4. The standard InChI is InChI=1S/C10H14N6O4S/c1-15(2)21(19,20)16-8-3-5(9(17)18)6(14-12)4-7(8)13-10(16)11/h3-4,14H,12H2,1-2H3,(H2,11,13)(H,17,18). The van der Waals surface area contributed by atoms with E-state index in [1.54, 1.807) is 0 Å². The van der Waals surface area contributed by atoms with Crippen LogP contribution in [0.3, 0.4) is 0 Å². The van der Waals surface area contributed by atoms with Crippen molar-refractivity contribution in [3.8, 4) is 0 Å². The minimum absolute atomic E-state index is 0.0533. The summed E-state index contributed by atoms with van der Waals surface area (Å²) < 4.78 is 26.2. The van der Waals surface area contributed by atoms with Crippen LogP contribution in [-0.4, -0.2) is 46.9 Å². The van der Waals surface area contributed by atoms with Crippen LogP contribution in [0.4, 0.5) is 11.6 Å². The highest BCUT2D eigenvalue weighted by atomic mass is 32.2. The van der Waals surface area contributed by atoms with Gasteiger partial charge in [0, 0.05) is 14.1 Å². The van der Waals surface area contributed by atoms with Crippen molar-refractivity contribution in [3.05, 3.63) is 17.7 Å². The largest absolute Gasteiger partial charge is 0.478 e. The molecule has 0 saturated carbocycles. The van der Waals surface area contributed by atoms with Crippen molar-refractivity contribution in [2.45, 2.75) is 0 Å². The van der Waals surface area contributed by atoms with Gasteiger partial charge in [0.05, 0.1) is 22.3 Å². The van der Waals surface area contributed by atoms with E-state index in [1.165, 1.54) is 20.2 Å². The molecule has 1 heterocycles. The number of hydrogen-bond acceptors (Lipinski definition) is 7. The summed E-state index contributed by atoms with van der Waals surface area (Å²) in [7, 11) is -1.28. The van der Waals surface area contributed by atoms with Crippen LogP contribution in [0.15, 0.2) is 12.1 Å². The number of aromatic nitrogens is 2. The molecule has 2 rings (SSSR count). The van der Waals surface area contributed by atoms with E-state index in [0.29, 0.717) is 0 Å². The van der Waals surface area contributed by atoms with Crippen LogP contribution in [0.25, 0.3) is 11.0 Å². The number of hydrogen-bond donors (Lipinski definition) is 4. The average molecular weight is 314 g/mol. The number of imidazole rings is 1. The van der Waals surface area contributed by atoms with Gasteiger partial charge in [-0.05, 0) is 12.1 Å². The fourth-order valence-electron chi connectivity index (χ4n) is 1.82. The van der Waals surface area contributed by atoms with Crippen molar-refractivity contribution < 1.29 is 18.3 Å². The lowest BCUT2D eigenvalue weighted by Gasteiger charge is -2.14. The normalized spacial score (nSPS) is 12.0. The predicted molar refractivity (Wildman–Crippen MR) is 76.9 cm³/mol. The summed E-state index contributed by atoms with van der Waals surface area (Å²) in [6.45, 7) is 0. The maximum atomic E-state index is 12.2. The van der Waals surface area contributed by atoms with E-state index in [0.717, 1.165) is 14.3 Å². The highest BCUT2D eigenvalue weighted by Crippen LogP contribution is 2.27. The molecule has 0 unspecified atom stereocenters. The second-order valence-corrected chi connectivity index (χ2v) is 6.35. The predicted octanol–water partition coefficient (Wildman–Crippen LogP) is -0.743. The first-order valence-electron chi connectivity index (χ1n) is 5.65. The molecule has 0 amide bonds. The molecule has 11 heteroatoms. The SMILES string of the molecule is CN(C)S(=O)(=O)n1c(N)nc2cc(NN)c(C(=O)O)cc21. The van der Waals surface area contributed by atoms with Gasteiger partial charge in [-0.25, -0.2) is 9.78 Å². The Morgan fingerprint density at radius 3 is 2.52 bits per heavy atom. The molecule has 0 radical (unpaired) electrons. The van der Waals surface area contributed by atoms with Gasteiger partial charge in [-0.3, -0.25) is 5.84 Å². The molecule has 1 aromatic carbocycles. The van der Waals surface area contributed by atoms with E-state index in [-0.39, 0.29) is 28.2 Å². The van der Waals surface area contributed by atoms with Gasteiger partial charge in [-0.15, -0.1) is 0 Å². The van der Waals surface area contributed by atoms with Crippen LogP contribution >= 0.6 is 0 Å². The second kappa shape index (κ2) is 4.87.